The van der Waals surface area contributed by atoms with Crippen molar-refractivity contribution in [2.45, 2.75) is 85.2 Å². The molecule has 1 heterocycles. The van der Waals surface area contributed by atoms with Gasteiger partial charge in [-0.3, -0.25) is 19.2 Å². The lowest BCUT2D eigenvalue weighted by Gasteiger charge is -2.37. The molecule has 3 atom stereocenters. The number of carbonyl (C=O) groups is 5. The van der Waals surface area contributed by atoms with Gasteiger partial charge in [0.25, 0.3) is 0 Å². The highest BCUT2D eigenvalue weighted by Gasteiger charge is 2.46. The fourth-order valence-electron chi connectivity index (χ4n) is 4.99. The molecule has 0 bridgehead atoms. The second kappa shape index (κ2) is 13.3. The summed E-state index contributed by atoms with van der Waals surface area (Å²) in [6.45, 7) is 12.3. The molecule has 0 radical (unpaired) electrons. The molecule has 0 unspecified atom stereocenters. The molecule has 1 fully saturated rings. The van der Waals surface area contributed by atoms with Crippen LogP contribution in [0.1, 0.15) is 70.8 Å². The number of anilines is 1. The van der Waals surface area contributed by atoms with E-state index >= 15 is 0 Å². The molecule has 43 heavy (non-hydrogen) atoms. The van der Waals surface area contributed by atoms with Gasteiger partial charge in [-0.05, 0) is 62.4 Å². The van der Waals surface area contributed by atoms with Gasteiger partial charge in [-0.1, -0.05) is 51.1 Å². The smallest absolute Gasteiger partial charge is 0.408 e. The molecule has 3 rings (SSSR count). The van der Waals surface area contributed by atoms with Gasteiger partial charge in [0.1, 0.15) is 17.7 Å². The molecular weight excluding hydrogens is 550 g/mol. The number of benzene rings is 2. The molecule has 5 amide bonds. The molecule has 2 aromatic rings. The molecule has 2 aromatic carbocycles. The lowest BCUT2D eigenvalue weighted by Crippen LogP contribution is -2.58. The molecular formula is C32H43N5O6. The average Bonchev–Trinajstić information content (AvgIpc) is 3.32. The Morgan fingerprint density at radius 3 is 2.09 bits per heavy atom. The molecule has 11 nitrogen and oxygen atoms in total. The predicted octanol–water partition coefficient (Wildman–Crippen LogP) is 3.36. The van der Waals surface area contributed by atoms with Gasteiger partial charge in [0.15, 0.2) is 0 Å². The number of amides is 5. The maximum atomic E-state index is 14.4. The van der Waals surface area contributed by atoms with Crippen LogP contribution in [0, 0.1) is 5.41 Å². The average molecular weight is 594 g/mol. The number of hydrogen-bond donors (Lipinski definition) is 3. The number of likely N-dealkylation sites (tertiary alicyclic amines) is 1. The van der Waals surface area contributed by atoms with E-state index in [0.717, 1.165) is 5.56 Å². The molecule has 0 aromatic heterocycles. The third-order valence-electron chi connectivity index (χ3n) is 6.96. The first-order chi connectivity index (χ1) is 20.0. The Kier molecular flexibility index (Phi) is 10.2. The summed E-state index contributed by atoms with van der Waals surface area (Å²) in [6.07, 6.45) is -0.570. The number of nitrogens with one attached hydrogen (secondary N) is 2. The Hall–Kier alpha value is -4.41. The number of nitrogens with zero attached hydrogens (tertiary/aromatic N) is 2. The first-order valence-electron chi connectivity index (χ1n) is 14.3. The van der Waals surface area contributed by atoms with Crippen molar-refractivity contribution in [1.82, 2.24) is 15.5 Å². The van der Waals surface area contributed by atoms with Gasteiger partial charge in [0.05, 0.1) is 6.54 Å². The Morgan fingerprint density at radius 2 is 1.58 bits per heavy atom. The van der Waals surface area contributed by atoms with Crippen molar-refractivity contribution in [3.8, 4) is 0 Å². The predicted molar refractivity (Wildman–Crippen MR) is 163 cm³/mol. The molecule has 4 N–H and O–H groups in total. The van der Waals surface area contributed by atoms with Crippen LogP contribution in [0.5, 0.6) is 0 Å². The summed E-state index contributed by atoms with van der Waals surface area (Å²) < 4.78 is 5.43. The number of rotatable bonds is 8. The van der Waals surface area contributed by atoms with E-state index in [4.69, 9.17) is 10.5 Å². The van der Waals surface area contributed by atoms with Crippen molar-refractivity contribution in [3.63, 3.8) is 0 Å². The topological polar surface area (TPSA) is 151 Å². The fraction of sp³-hybridized carbons (Fsp3) is 0.469. The number of ether oxygens (including phenoxy) is 1. The van der Waals surface area contributed by atoms with Crippen molar-refractivity contribution in [1.29, 1.82) is 0 Å². The second-order valence-corrected chi connectivity index (χ2v) is 12.9. The highest BCUT2D eigenvalue weighted by Crippen LogP contribution is 2.29. The van der Waals surface area contributed by atoms with Crippen LogP contribution < -0.4 is 21.3 Å². The van der Waals surface area contributed by atoms with Crippen LogP contribution in [0.25, 0.3) is 0 Å². The van der Waals surface area contributed by atoms with Crippen LogP contribution in [-0.2, 0) is 25.7 Å². The van der Waals surface area contributed by atoms with Crippen LogP contribution >= 0.6 is 0 Å². The van der Waals surface area contributed by atoms with E-state index in [9.17, 15) is 24.0 Å². The highest BCUT2D eigenvalue weighted by atomic mass is 16.6. The number of nitrogens with two attached hydrogens (primary N) is 1. The summed E-state index contributed by atoms with van der Waals surface area (Å²) >= 11 is 0. The normalized spacial score (nSPS) is 17.5. The van der Waals surface area contributed by atoms with Crippen LogP contribution in [0.3, 0.4) is 0 Å². The SMILES string of the molecule is CC(=O)N[C@H]1C[C@@H](C(=O)N(Cc2ccccc2)c2ccc(C(N)=O)cc2)N(C(=O)[C@@H](NC(=O)OC(C)(C)C)C(C)(C)C)C1. The van der Waals surface area contributed by atoms with Gasteiger partial charge in [-0.15, -0.1) is 0 Å². The number of carbonyl (C=O) groups excluding carboxylic acids is 5. The molecule has 0 aliphatic carbocycles. The van der Waals surface area contributed by atoms with Crippen molar-refractivity contribution >= 4 is 35.4 Å². The van der Waals surface area contributed by atoms with E-state index in [1.807, 2.05) is 51.1 Å². The summed E-state index contributed by atoms with van der Waals surface area (Å²) in [5.74, 6) is -1.72. The first kappa shape index (κ1) is 33.1. The zero-order valence-corrected chi connectivity index (χ0v) is 26.0. The summed E-state index contributed by atoms with van der Waals surface area (Å²) in [7, 11) is 0. The maximum Gasteiger partial charge on any atom is 0.408 e. The van der Waals surface area contributed by atoms with Gasteiger partial charge in [0, 0.05) is 30.8 Å². The largest absolute Gasteiger partial charge is 0.444 e. The number of hydrogen-bond acceptors (Lipinski definition) is 6. The number of alkyl carbamates (subject to hydrolysis) is 1. The Labute approximate surface area is 253 Å². The van der Waals surface area contributed by atoms with Crippen molar-refractivity contribution in [2.75, 3.05) is 11.4 Å². The summed E-state index contributed by atoms with van der Waals surface area (Å²) in [5.41, 5.74) is 5.56. The Morgan fingerprint density at radius 1 is 0.977 bits per heavy atom. The van der Waals surface area contributed by atoms with E-state index in [0.29, 0.717) is 11.3 Å². The standard InChI is InChI=1S/C32H43N5O6/c1-20(38)34-23-17-25(37(19-23)29(41)26(31(2,3)4)35-30(42)43-32(5,6)7)28(40)36(18-21-11-9-8-10-12-21)24-15-13-22(14-16-24)27(33)39/h8-16,23,25-26H,17-19H2,1-7H3,(H2,33,39)(H,34,38)(H,35,42)/t23-,25-,26+/m0/s1. The molecule has 0 saturated carbocycles. The van der Waals surface area contributed by atoms with Crippen LogP contribution in [0.15, 0.2) is 54.6 Å². The summed E-state index contributed by atoms with van der Waals surface area (Å²) in [4.78, 5) is 68.0. The minimum atomic E-state index is -1.02. The summed E-state index contributed by atoms with van der Waals surface area (Å²) in [5, 5.41) is 5.56. The van der Waals surface area contributed by atoms with Crippen LogP contribution in [0.2, 0.25) is 0 Å². The van der Waals surface area contributed by atoms with E-state index < -0.39 is 47.0 Å². The number of primary amides is 1. The zero-order valence-electron chi connectivity index (χ0n) is 26.0. The monoisotopic (exact) mass is 593 g/mol. The molecule has 1 saturated heterocycles. The van der Waals surface area contributed by atoms with Crippen molar-refractivity contribution < 1.29 is 28.7 Å². The summed E-state index contributed by atoms with van der Waals surface area (Å²) in [6, 6.07) is 13.3. The van der Waals surface area contributed by atoms with Crippen molar-refractivity contribution in [2.24, 2.45) is 11.1 Å². The van der Waals surface area contributed by atoms with E-state index in [1.54, 1.807) is 49.9 Å². The third-order valence-corrected chi connectivity index (χ3v) is 6.96. The Balaban J connectivity index is 2.02. The van der Waals surface area contributed by atoms with Gasteiger partial charge in [-0.2, -0.15) is 0 Å². The molecule has 0 spiro atoms. The molecule has 1 aliphatic heterocycles. The lowest BCUT2D eigenvalue weighted by molar-refractivity contribution is -0.141. The third kappa shape index (κ3) is 9.04. The maximum absolute atomic E-state index is 14.4. The first-order valence-corrected chi connectivity index (χ1v) is 14.3. The van der Waals surface area contributed by atoms with Crippen LogP contribution in [0.4, 0.5) is 10.5 Å². The quantitative estimate of drug-likeness (QED) is 0.427. The van der Waals surface area contributed by atoms with Crippen molar-refractivity contribution in [3.05, 3.63) is 65.7 Å². The zero-order chi connectivity index (χ0) is 32.1. The minimum Gasteiger partial charge on any atom is -0.444 e. The van der Waals surface area contributed by atoms with E-state index in [-0.39, 0.29) is 31.3 Å². The minimum absolute atomic E-state index is 0.0805. The van der Waals surface area contributed by atoms with Gasteiger partial charge in [0.2, 0.25) is 23.6 Å². The molecule has 232 valence electrons. The second-order valence-electron chi connectivity index (χ2n) is 12.9. The van der Waals surface area contributed by atoms with Gasteiger partial charge in [-0.25, -0.2) is 4.79 Å². The molecule has 11 heteroatoms. The lowest BCUT2D eigenvalue weighted by atomic mass is 9.85. The Bertz CT molecular complexity index is 1330. The van der Waals surface area contributed by atoms with Gasteiger partial charge >= 0.3 is 6.09 Å². The molecule has 1 aliphatic rings. The fourth-order valence-corrected chi connectivity index (χ4v) is 4.99. The highest BCUT2D eigenvalue weighted by molar-refractivity contribution is 6.01. The van der Waals surface area contributed by atoms with Gasteiger partial charge < -0.3 is 30.9 Å². The van der Waals surface area contributed by atoms with Crippen LogP contribution in [-0.4, -0.2) is 64.9 Å². The van der Waals surface area contributed by atoms with E-state index in [1.165, 1.54) is 11.8 Å². The van der Waals surface area contributed by atoms with E-state index in [2.05, 4.69) is 10.6 Å².